The molecule has 0 aromatic carbocycles. The summed E-state index contributed by atoms with van der Waals surface area (Å²) in [5, 5.41) is 3.34. The summed E-state index contributed by atoms with van der Waals surface area (Å²) in [6, 6.07) is 0.244. The molecule has 1 aliphatic carbocycles. The minimum Gasteiger partial charge on any atom is -0.308 e. The van der Waals surface area contributed by atoms with Crippen molar-refractivity contribution in [2.75, 3.05) is 7.05 Å². The maximum atomic E-state index is 4.46. The molecular weight excluding hydrogens is 198 g/mol. The van der Waals surface area contributed by atoms with E-state index in [2.05, 4.69) is 21.4 Å². The van der Waals surface area contributed by atoms with Crippen LogP contribution in [0, 0.1) is 6.92 Å². The number of rotatable bonds is 3. The minimum atomic E-state index is 0.244. The molecule has 0 amide bonds. The van der Waals surface area contributed by atoms with Gasteiger partial charge in [0.05, 0.1) is 23.6 Å². The van der Waals surface area contributed by atoms with E-state index in [9.17, 15) is 0 Å². The Morgan fingerprint density at radius 2 is 2.12 bits per heavy atom. The molecule has 1 aliphatic rings. The molecule has 86 valence electrons. The van der Waals surface area contributed by atoms with Gasteiger partial charge in [-0.25, -0.2) is 0 Å². The summed E-state index contributed by atoms with van der Waals surface area (Å²) in [6.45, 7) is 1.96. The summed E-state index contributed by atoms with van der Waals surface area (Å²) in [5.41, 5.74) is 3.46. The quantitative estimate of drug-likeness (QED) is 0.791. The Hall–Kier alpha value is -1.22. The highest BCUT2D eigenvalue weighted by molar-refractivity contribution is 5.22. The number of allylic oxidation sites excluding steroid dienone is 1. The lowest BCUT2D eigenvalue weighted by Gasteiger charge is -2.22. The zero-order valence-electron chi connectivity index (χ0n) is 10.0. The molecule has 3 heteroatoms. The molecule has 2 rings (SSSR count). The molecule has 0 fully saturated rings. The normalized spacial score (nSPS) is 18.0. The third-order valence-corrected chi connectivity index (χ3v) is 3.08. The SMILES string of the molecule is CNC(C1=CCCCC1)c1cnc(C)cn1. The molecule has 0 saturated carbocycles. The van der Waals surface area contributed by atoms with Gasteiger partial charge in [-0.1, -0.05) is 11.6 Å². The number of nitrogens with zero attached hydrogens (tertiary/aromatic N) is 2. The van der Waals surface area contributed by atoms with Crippen LogP contribution in [0.3, 0.4) is 0 Å². The first kappa shape index (κ1) is 11.3. The van der Waals surface area contributed by atoms with Gasteiger partial charge in [0, 0.05) is 6.20 Å². The van der Waals surface area contributed by atoms with Crippen LogP contribution in [0.2, 0.25) is 0 Å². The number of hydrogen-bond donors (Lipinski definition) is 1. The lowest BCUT2D eigenvalue weighted by Crippen LogP contribution is -2.21. The molecule has 3 nitrogen and oxygen atoms in total. The third kappa shape index (κ3) is 2.47. The van der Waals surface area contributed by atoms with Crippen molar-refractivity contribution < 1.29 is 0 Å². The summed E-state index contributed by atoms with van der Waals surface area (Å²) in [7, 11) is 1.99. The Balaban J connectivity index is 2.21. The Bertz CT molecular complexity index is 367. The Labute approximate surface area is 97.0 Å². The van der Waals surface area contributed by atoms with Gasteiger partial charge < -0.3 is 5.32 Å². The second-order valence-corrected chi connectivity index (χ2v) is 4.33. The van der Waals surface area contributed by atoms with Crippen LogP contribution in [0.15, 0.2) is 24.0 Å². The molecule has 0 bridgehead atoms. The predicted molar refractivity (Wildman–Crippen MR) is 65.1 cm³/mol. The number of aromatic nitrogens is 2. The van der Waals surface area contributed by atoms with Crippen LogP contribution < -0.4 is 5.32 Å². The molecule has 0 radical (unpaired) electrons. The van der Waals surface area contributed by atoms with E-state index in [-0.39, 0.29) is 6.04 Å². The van der Waals surface area contributed by atoms with Crippen LogP contribution in [0.4, 0.5) is 0 Å². The van der Waals surface area contributed by atoms with Crippen molar-refractivity contribution in [2.45, 2.75) is 38.6 Å². The summed E-state index contributed by atoms with van der Waals surface area (Å²) >= 11 is 0. The van der Waals surface area contributed by atoms with E-state index >= 15 is 0 Å². The second-order valence-electron chi connectivity index (χ2n) is 4.33. The summed E-state index contributed by atoms with van der Waals surface area (Å²) in [5.74, 6) is 0. The smallest absolute Gasteiger partial charge is 0.0798 e. The second kappa shape index (κ2) is 5.21. The average molecular weight is 217 g/mol. The molecule has 16 heavy (non-hydrogen) atoms. The van der Waals surface area contributed by atoms with E-state index in [1.807, 2.05) is 26.4 Å². The molecular formula is C13H19N3. The van der Waals surface area contributed by atoms with E-state index in [0.29, 0.717) is 0 Å². The van der Waals surface area contributed by atoms with Crippen molar-refractivity contribution >= 4 is 0 Å². The highest BCUT2D eigenvalue weighted by Crippen LogP contribution is 2.28. The maximum absolute atomic E-state index is 4.46. The van der Waals surface area contributed by atoms with Crippen LogP contribution in [0.25, 0.3) is 0 Å². The molecule has 1 heterocycles. The van der Waals surface area contributed by atoms with E-state index in [0.717, 1.165) is 11.4 Å². The van der Waals surface area contributed by atoms with E-state index in [1.54, 1.807) is 0 Å². The molecule has 1 atom stereocenters. The molecule has 0 spiro atoms. The zero-order valence-corrected chi connectivity index (χ0v) is 10.0. The first-order chi connectivity index (χ1) is 7.81. The van der Waals surface area contributed by atoms with Gasteiger partial charge in [-0.15, -0.1) is 0 Å². The average Bonchev–Trinajstić information content (AvgIpc) is 2.34. The van der Waals surface area contributed by atoms with Gasteiger partial charge >= 0.3 is 0 Å². The fourth-order valence-electron chi connectivity index (χ4n) is 2.20. The van der Waals surface area contributed by atoms with E-state index in [1.165, 1.54) is 31.3 Å². The van der Waals surface area contributed by atoms with E-state index in [4.69, 9.17) is 0 Å². The first-order valence-electron chi connectivity index (χ1n) is 5.96. The topological polar surface area (TPSA) is 37.8 Å². The van der Waals surface area contributed by atoms with Crippen molar-refractivity contribution in [2.24, 2.45) is 0 Å². The first-order valence-corrected chi connectivity index (χ1v) is 5.96. The molecule has 1 aromatic rings. The highest BCUT2D eigenvalue weighted by atomic mass is 14.9. The van der Waals surface area contributed by atoms with Crippen LogP contribution >= 0.6 is 0 Å². The molecule has 1 N–H and O–H groups in total. The fourth-order valence-corrected chi connectivity index (χ4v) is 2.20. The lowest BCUT2D eigenvalue weighted by molar-refractivity contribution is 0.580. The number of likely N-dealkylation sites (N-methyl/N-ethyl adjacent to an activating group) is 1. The lowest BCUT2D eigenvalue weighted by atomic mass is 9.92. The van der Waals surface area contributed by atoms with Gasteiger partial charge in [0.15, 0.2) is 0 Å². The fraction of sp³-hybridized carbons (Fsp3) is 0.538. The van der Waals surface area contributed by atoms with Crippen molar-refractivity contribution in [1.29, 1.82) is 0 Å². The van der Waals surface area contributed by atoms with Crippen molar-refractivity contribution in [1.82, 2.24) is 15.3 Å². The van der Waals surface area contributed by atoms with Gasteiger partial charge in [-0.05, 0) is 39.7 Å². The van der Waals surface area contributed by atoms with Crippen molar-refractivity contribution in [3.05, 3.63) is 35.4 Å². The minimum absolute atomic E-state index is 0.244. The number of hydrogen-bond acceptors (Lipinski definition) is 3. The largest absolute Gasteiger partial charge is 0.308 e. The molecule has 1 unspecified atom stereocenters. The standard InChI is InChI=1S/C13H19N3/c1-10-8-16-12(9-15-10)13(14-2)11-6-4-3-5-7-11/h6,8-9,13-14H,3-5,7H2,1-2H3. The molecule has 0 saturated heterocycles. The van der Waals surface area contributed by atoms with Gasteiger partial charge in [0.25, 0.3) is 0 Å². The Morgan fingerprint density at radius 3 is 2.69 bits per heavy atom. The van der Waals surface area contributed by atoms with Crippen LogP contribution in [-0.2, 0) is 0 Å². The summed E-state index contributed by atoms with van der Waals surface area (Å²) in [4.78, 5) is 8.77. The van der Waals surface area contributed by atoms with Crippen LogP contribution in [-0.4, -0.2) is 17.0 Å². The number of aryl methyl sites for hydroxylation is 1. The zero-order chi connectivity index (χ0) is 11.4. The molecule has 0 aliphatic heterocycles. The monoisotopic (exact) mass is 217 g/mol. The van der Waals surface area contributed by atoms with E-state index < -0.39 is 0 Å². The molecule has 1 aromatic heterocycles. The van der Waals surface area contributed by atoms with Crippen molar-refractivity contribution in [3.8, 4) is 0 Å². The summed E-state index contributed by atoms with van der Waals surface area (Å²) in [6.07, 6.45) is 11.1. The Kier molecular flexibility index (Phi) is 3.67. The Morgan fingerprint density at radius 1 is 1.25 bits per heavy atom. The van der Waals surface area contributed by atoms with Crippen LogP contribution in [0.5, 0.6) is 0 Å². The highest BCUT2D eigenvalue weighted by Gasteiger charge is 2.17. The maximum Gasteiger partial charge on any atom is 0.0798 e. The van der Waals surface area contributed by atoms with Gasteiger partial charge in [-0.2, -0.15) is 0 Å². The third-order valence-electron chi connectivity index (χ3n) is 3.08. The van der Waals surface area contributed by atoms with Gasteiger partial charge in [-0.3, -0.25) is 9.97 Å². The van der Waals surface area contributed by atoms with Crippen LogP contribution in [0.1, 0.15) is 43.1 Å². The summed E-state index contributed by atoms with van der Waals surface area (Å²) < 4.78 is 0. The number of nitrogens with one attached hydrogen (secondary N) is 1. The van der Waals surface area contributed by atoms with Gasteiger partial charge in [0.1, 0.15) is 0 Å². The van der Waals surface area contributed by atoms with Crippen molar-refractivity contribution in [3.63, 3.8) is 0 Å². The van der Waals surface area contributed by atoms with Gasteiger partial charge in [0.2, 0.25) is 0 Å². The predicted octanol–water partition coefficient (Wildman–Crippen LogP) is 2.55.